The monoisotopic (exact) mass is 403 g/mol. The molecule has 0 aliphatic heterocycles. The molecule has 0 bridgehead atoms. The van der Waals surface area contributed by atoms with Crippen molar-refractivity contribution in [3.63, 3.8) is 0 Å². The van der Waals surface area contributed by atoms with Gasteiger partial charge in [0.25, 0.3) is 5.56 Å². The van der Waals surface area contributed by atoms with Crippen molar-refractivity contribution >= 4 is 33.1 Å². The molecule has 2 heterocycles. The molecule has 4 rings (SSSR count). The van der Waals surface area contributed by atoms with E-state index in [4.69, 9.17) is 0 Å². The molecular formula is C23H21N3O2S. The zero-order valence-corrected chi connectivity index (χ0v) is 16.9. The van der Waals surface area contributed by atoms with E-state index in [1.165, 1.54) is 10.9 Å². The molecule has 0 atom stereocenters. The van der Waals surface area contributed by atoms with Gasteiger partial charge in [0.05, 0.1) is 11.7 Å². The quantitative estimate of drug-likeness (QED) is 0.507. The maximum atomic E-state index is 12.7. The van der Waals surface area contributed by atoms with Crippen molar-refractivity contribution in [2.24, 2.45) is 0 Å². The van der Waals surface area contributed by atoms with Crippen molar-refractivity contribution in [2.45, 2.75) is 26.3 Å². The summed E-state index contributed by atoms with van der Waals surface area (Å²) in [5.41, 5.74) is 2.67. The summed E-state index contributed by atoms with van der Waals surface area (Å²) < 4.78 is 1.51. The summed E-state index contributed by atoms with van der Waals surface area (Å²) in [6, 6.07) is 19.5. The van der Waals surface area contributed by atoms with Crippen LogP contribution in [0, 0.1) is 0 Å². The minimum atomic E-state index is -0.139. The lowest BCUT2D eigenvalue weighted by atomic mass is 10.0. The van der Waals surface area contributed by atoms with Crippen LogP contribution in [-0.2, 0) is 17.8 Å². The summed E-state index contributed by atoms with van der Waals surface area (Å²) in [6.07, 6.45) is 2.61. The van der Waals surface area contributed by atoms with Crippen LogP contribution in [0.3, 0.4) is 0 Å². The molecule has 0 aliphatic rings. The van der Waals surface area contributed by atoms with Gasteiger partial charge in [-0.3, -0.25) is 14.2 Å². The fourth-order valence-electron chi connectivity index (χ4n) is 3.24. The Balaban J connectivity index is 1.48. The number of aryl methyl sites for hydroxylation is 2. The Morgan fingerprint density at radius 3 is 2.66 bits per heavy atom. The highest BCUT2D eigenvalue weighted by atomic mass is 32.1. The van der Waals surface area contributed by atoms with Crippen LogP contribution in [0.25, 0.3) is 21.3 Å². The molecule has 0 unspecified atom stereocenters. The van der Waals surface area contributed by atoms with Crippen LogP contribution < -0.4 is 10.9 Å². The standard InChI is InChI=1S/C23H21N3O2S/c1-2-17-14-19-22(29-17)24-15-26(23(19)28)13-12-21(27)25-20-11-7-6-10-18(20)16-8-4-3-5-9-16/h3-11,14-15H,2,12-13H2,1H3,(H,25,27). The van der Waals surface area contributed by atoms with E-state index in [0.29, 0.717) is 11.9 Å². The van der Waals surface area contributed by atoms with Crippen molar-refractivity contribution in [1.82, 2.24) is 9.55 Å². The number of carbonyl (C=O) groups is 1. The van der Waals surface area contributed by atoms with E-state index in [9.17, 15) is 9.59 Å². The molecule has 2 aromatic heterocycles. The second-order valence-electron chi connectivity index (χ2n) is 6.74. The average Bonchev–Trinajstić information content (AvgIpc) is 3.19. The van der Waals surface area contributed by atoms with E-state index in [1.54, 1.807) is 11.3 Å². The van der Waals surface area contributed by atoms with Crippen LogP contribution in [0.2, 0.25) is 0 Å². The van der Waals surface area contributed by atoms with Gasteiger partial charge in [0.15, 0.2) is 0 Å². The van der Waals surface area contributed by atoms with Crippen LogP contribution in [0.4, 0.5) is 5.69 Å². The predicted molar refractivity (Wildman–Crippen MR) is 118 cm³/mol. The first kappa shape index (κ1) is 19.1. The molecule has 146 valence electrons. The minimum Gasteiger partial charge on any atom is -0.325 e. The smallest absolute Gasteiger partial charge is 0.262 e. The van der Waals surface area contributed by atoms with Crippen molar-refractivity contribution < 1.29 is 4.79 Å². The van der Waals surface area contributed by atoms with E-state index < -0.39 is 0 Å². The van der Waals surface area contributed by atoms with Crippen molar-refractivity contribution in [1.29, 1.82) is 0 Å². The Kier molecular flexibility index (Phi) is 5.53. The molecule has 0 spiro atoms. The molecule has 6 heteroatoms. The van der Waals surface area contributed by atoms with Gasteiger partial charge in [-0.1, -0.05) is 55.5 Å². The predicted octanol–water partition coefficient (Wildman–Crippen LogP) is 4.72. The molecule has 0 saturated carbocycles. The maximum absolute atomic E-state index is 12.7. The zero-order chi connectivity index (χ0) is 20.2. The number of para-hydroxylation sites is 1. The third kappa shape index (κ3) is 4.12. The molecule has 5 nitrogen and oxygen atoms in total. The first-order chi connectivity index (χ1) is 14.2. The van der Waals surface area contributed by atoms with Crippen LogP contribution in [0.5, 0.6) is 0 Å². The zero-order valence-electron chi connectivity index (χ0n) is 16.1. The second-order valence-corrected chi connectivity index (χ2v) is 7.85. The molecule has 1 amide bonds. The highest BCUT2D eigenvalue weighted by molar-refractivity contribution is 7.18. The van der Waals surface area contributed by atoms with E-state index >= 15 is 0 Å². The van der Waals surface area contributed by atoms with Crippen LogP contribution in [-0.4, -0.2) is 15.5 Å². The lowest BCUT2D eigenvalue weighted by molar-refractivity contribution is -0.116. The van der Waals surface area contributed by atoms with Crippen molar-refractivity contribution in [3.8, 4) is 11.1 Å². The van der Waals surface area contributed by atoms with Gasteiger partial charge < -0.3 is 5.32 Å². The topological polar surface area (TPSA) is 64.0 Å². The Bertz CT molecular complexity index is 1210. The first-order valence-corrected chi connectivity index (χ1v) is 10.4. The molecule has 29 heavy (non-hydrogen) atoms. The maximum Gasteiger partial charge on any atom is 0.262 e. The number of nitrogens with one attached hydrogen (secondary N) is 1. The van der Waals surface area contributed by atoms with Crippen LogP contribution in [0.1, 0.15) is 18.2 Å². The fraction of sp³-hybridized carbons (Fsp3) is 0.174. The molecule has 0 fully saturated rings. The van der Waals surface area contributed by atoms with Crippen molar-refractivity contribution in [2.75, 3.05) is 5.32 Å². The number of nitrogens with zero attached hydrogens (tertiary/aromatic N) is 2. The molecular weight excluding hydrogens is 382 g/mol. The number of hydrogen-bond acceptors (Lipinski definition) is 4. The first-order valence-electron chi connectivity index (χ1n) is 9.58. The number of fused-ring (bicyclic) bond motifs is 1. The lowest BCUT2D eigenvalue weighted by Gasteiger charge is -2.12. The number of aromatic nitrogens is 2. The number of benzene rings is 2. The van der Waals surface area contributed by atoms with E-state index in [2.05, 4.69) is 17.2 Å². The number of anilines is 1. The Hall–Kier alpha value is -3.25. The number of carbonyl (C=O) groups excluding carboxylic acids is 1. The number of thiophene rings is 1. The number of hydrogen-bond donors (Lipinski definition) is 1. The van der Waals surface area contributed by atoms with Gasteiger partial charge in [-0.2, -0.15) is 0 Å². The third-order valence-electron chi connectivity index (χ3n) is 4.78. The highest BCUT2D eigenvalue weighted by Gasteiger charge is 2.11. The average molecular weight is 404 g/mol. The third-order valence-corrected chi connectivity index (χ3v) is 5.97. The van der Waals surface area contributed by atoms with Gasteiger partial charge >= 0.3 is 0 Å². The molecule has 0 saturated heterocycles. The van der Waals surface area contributed by atoms with E-state index in [0.717, 1.165) is 32.9 Å². The van der Waals surface area contributed by atoms with E-state index in [1.807, 2.05) is 60.7 Å². The SMILES string of the molecule is CCc1cc2c(=O)n(CCC(=O)Nc3ccccc3-c3ccccc3)cnc2s1. The van der Waals surface area contributed by atoms with Gasteiger partial charge in [0.1, 0.15) is 4.83 Å². The fourth-order valence-corrected chi connectivity index (χ4v) is 4.17. The summed E-state index contributed by atoms with van der Waals surface area (Å²) in [7, 11) is 0. The molecule has 2 aromatic carbocycles. The normalized spacial score (nSPS) is 10.9. The number of rotatable bonds is 6. The molecule has 1 N–H and O–H groups in total. The Labute approximate surface area is 172 Å². The minimum absolute atomic E-state index is 0.0940. The summed E-state index contributed by atoms with van der Waals surface area (Å²) in [4.78, 5) is 31.5. The highest BCUT2D eigenvalue weighted by Crippen LogP contribution is 2.27. The largest absolute Gasteiger partial charge is 0.325 e. The summed E-state index contributed by atoms with van der Waals surface area (Å²) in [5, 5.41) is 3.61. The van der Waals surface area contributed by atoms with Crippen LogP contribution in [0.15, 0.2) is 71.8 Å². The second kappa shape index (κ2) is 8.41. The Morgan fingerprint density at radius 1 is 1.10 bits per heavy atom. The van der Waals surface area contributed by atoms with Crippen LogP contribution >= 0.6 is 11.3 Å². The number of amides is 1. The van der Waals surface area contributed by atoms with E-state index in [-0.39, 0.29) is 17.9 Å². The lowest BCUT2D eigenvalue weighted by Crippen LogP contribution is -2.23. The Morgan fingerprint density at radius 2 is 1.86 bits per heavy atom. The van der Waals surface area contributed by atoms with Gasteiger partial charge in [0, 0.05) is 29.1 Å². The molecule has 0 aliphatic carbocycles. The molecule has 0 radical (unpaired) electrons. The van der Waals surface area contributed by atoms with Gasteiger partial charge in [-0.05, 0) is 24.1 Å². The molecule has 4 aromatic rings. The summed E-state index contributed by atoms with van der Waals surface area (Å²) in [5.74, 6) is -0.139. The summed E-state index contributed by atoms with van der Waals surface area (Å²) >= 11 is 1.54. The summed E-state index contributed by atoms with van der Waals surface area (Å²) in [6.45, 7) is 2.35. The van der Waals surface area contributed by atoms with Gasteiger partial charge in [-0.25, -0.2) is 4.98 Å². The van der Waals surface area contributed by atoms with Crippen molar-refractivity contribution in [3.05, 3.63) is 82.2 Å². The van der Waals surface area contributed by atoms with Gasteiger partial charge in [0.2, 0.25) is 5.91 Å². The van der Waals surface area contributed by atoms with Gasteiger partial charge in [-0.15, -0.1) is 11.3 Å².